The number of benzene rings is 1. The van der Waals surface area contributed by atoms with E-state index in [0.29, 0.717) is 0 Å². The van der Waals surface area contributed by atoms with Gasteiger partial charge in [0, 0.05) is 25.2 Å². The van der Waals surface area contributed by atoms with Gasteiger partial charge in [-0.25, -0.2) is 0 Å². The zero-order valence-electron chi connectivity index (χ0n) is 14.0. The van der Waals surface area contributed by atoms with Crippen LogP contribution in [0.3, 0.4) is 0 Å². The fourth-order valence-corrected chi connectivity index (χ4v) is 2.91. The number of allylic oxidation sites excluding steroid dienone is 1. The molecule has 1 saturated heterocycles. The Balaban J connectivity index is 2.13. The summed E-state index contributed by atoms with van der Waals surface area (Å²) < 4.78 is 5.55. The molecular weight excluding hydrogens is 288 g/mol. The molecule has 2 atom stereocenters. The van der Waals surface area contributed by atoms with Gasteiger partial charge in [-0.1, -0.05) is 36.4 Å². The summed E-state index contributed by atoms with van der Waals surface area (Å²) in [6.07, 6.45) is 4.04. The number of hydrogen-bond donors (Lipinski definition) is 0. The second-order valence-electron chi connectivity index (χ2n) is 6.86. The molecule has 0 aliphatic carbocycles. The van der Waals surface area contributed by atoms with E-state index in [2.05, 4.69) is 17.0 Å². The molecule has 122 valence electrons. The molecule has 23 heavy (non-hydrogen) atoms. The van der Waals surface area contributed by atoms with E-state index in [1.165, 1.54) is 11.6 Å². The van der Waals surface area contributed by atoms with E-state index in [1.807, 2.05) is 51.1 Å². The van der Waals surface area contributed by atoms with Crippen molar-refractivity contribution < 1.29 is 9.53 Å². The maximum absolute atomic E-state index is 12.5. The SMILES string of the molecule is CC(C)(C)OC(=O)[C@@H]1CCN(Cc2ccccc2)[C@H]1/C=C\C#N. The van der Waals surface area contributed by atoms with Crippen LogP contribution in [0.4, 0.5) is 0 Å². The molecule has 2 rings (SSSR count). The van der Waals surface area contributed by atoms with Crippen LogP contribution in [0.2, 0.25) is 0 Å². The predicted octanol–water partition coefficient (Wildman–Crippen LogP) is 3.30. The summed E-state index contributed by atoms with van der Waals surface area (Å²) in [4.78, 5) is 14.7. The maximum Gasteiger partial charge on any atom is 0.311 e. The van der Waals surface area contributed by atoms with Crippen molar-refractivity contribution in [3.8, 4) is 6.07 Å². The van der Waals surface area contributed by atoms with Crippen LogP contribution >= 0.6 is 0 Å². The minimum absolute atomic E-state index is 0.0929. The van der Waals surface area contributed by atoms with Gasteiger partial charge >= 0.3 is 5.97 Å². The molecule has 0 N–H and O–H groups in total. The minimum Gasteiger partial charge on any atom is -0.460 e. The first-order valence-corrected chi connectivity index (χ1v) is 7.98. The molecule has 0 unspecified atom stereocenters. The molecule has 1 aliphatic heterocycles. The smallest absolute Gasteiger partial charge is 0.311 e. The summed E-state index contributed by atoms with van der Waals surface area (Å²) in [5.41, 5.74) is 0.709. The van der Waals surface area contributed by atoms with Crippen LogP contribution in [0.15, 0.2) is 42.5 Å². The van der Waals surface area contributed by atoms with Crippen LogP contribution in [0.1, 0.15) is 32.8 Å². The first kappa shape index (κ1) is 17.2. The highest BCUT2D eigenvalue weighted by Crippen LogP contribution is 2.29. The van der Waals surface area contributed by atoms with Crippen LogP contribution in [0, 0.1) is 17.2 Å². The molecule has 0 radical (unpaired) electrons. The van der Waals surface area contributed by atoms with Gasteiger partial charge < -0.3 is 4.74 Å². The number of carbonyl (C=O) groups excluding carboxylic acids is 1. The lowest BCUT2D eigenvalue weighted by Gasteiger charge is -2.27. The number of esters is 1. The summed E-state index contributed by atoms with van der Waals surface area (Å²) in [5.74, 6) is -0.400. The largest absolute Gasteiger partial charge is 0.460 e. The molecule has 1 aliphatic rings. The van der Waals surface area contributed by atoms with Gasteiger partial charge in [0.1, 0.15) is 5.60 Å². The highest BCUT2D eigenvalue weighted by atomic mass is 16.6. The van der Waals surface area contributed by atoms with E-state index in [0.717, 1.165) is 19.5 Å². The number of nitrogens with zero attached hydrogens (tertiary/aromatic N) is 2. The van der Waals surface area contributed by atoms with E-state index >= 15 is 0 Å². The number of hydrogen-bond acceptors (Lipinski definition) is 4. The van der Waals surface area contributed by atoms with Crippen LogP contribution in [0.25, 0.3) is 0 Å². The summed E-state index contributed by atoms with van der Waals surface area (Å²) in [6.45, 7) is 7.21. The van der Waals surface area contributed by atoms with Crippen molar-refractivity contribution in [2.45, 2.75) is 45.4 Å². The molecule has 1 heterocycles. The highest BCUT2D eigenvalue weighted by Gasteiger charge is 2.39. The van der Waals surface area contributed by atoms with Gasteiger partial charge in [0.15, 0.2) is 0 Å². The second kappa shape index (κ2) is 7.43. The van der Waals surface area contributed by atoms with Crippen molar-refractivity contribution in [2.75, 3.05) is 6.54 Å². The molecular formula is C19H24N2O2. The summed E-state index contributed by atoms with van der Waals surface area (Å²) in [7, 11) is 0. The highest BCUT2D eigenvalue weighted by molar-refractivity contribution is 5.74. The minimum atomic E-state index is -0.493. The van der Waals surface area contributed by atoms with Crippen molar-refractivity contribution in [1.82, 2.24) is 4.90 Å². The van der Waals surface area contributed by atoms with E-state index in [9.17, 15) is 4.79 Å². The molecule has 4 nitrogen and oxygen atoms in total. The molecule has 1 fully saturated rings. The van der Waals surface area contributed by atoms with Gasteiger partial charge in [-0.05, 0) is 32.8 Å². The molecule has 0 amide bonds. The standard InChI is InChI=1S/C19H24N2O2/c1-19(2,3)23-18(22)16-11-13-21(17(16)10-7-12-20)14-15-8-5-4-6-9-15/h4-10,16-17H,11,13-14H2,1-3H3/b10-7-/t16-,17+/m1/s1. The van der Waals surface area contributed by atoms with Gasteiger partial charge in [-0.2, -0.15) is 5.26 Å². The monoisotopic (exact) mass is 312 g/mol. The molecule has 1 aromatic carbocycles. The number of likely N-dealkylation sites (tertiary alicyclic amines) is 1. The topological polar surface area (TPSA) is 53.3 Å². The maximum atomic E-state index is 12.5. The van der Waals surface area contributed by atoms with Crippen molar-refractivity contribution in [3.63, 3.8) is 0 Å². The molecule has 1 aromatic rings. The lowest BCUT2D eigenvalue weighted by atomic mass is 9.99. The number of carbonyl (C=O) groups is 1. The van der Waals surface area contributed by atoms with E-state index in [-0.39, 0.29) is 17.9 Å². The van der Waals surface area contributed by atoms with Gasteiger partial charge in [0.25, 0.3) is 0 Å². The van der Waals surface area contributed by atoms with Crippen LogP contribution < -0.4 is 0 Å². The normalized spacial score (nSPS) is 22.2. The van der Waals surface area contributed by atoms with Crippen molar-refractivity contribution >= 4 is 5.97 Å². The van der Waals surface area contributed by atoms with E-state index < -0.39 is 5.60 Å². The second-order valence-corrected chi connectivity index (χ2v) is 6.86. The Bertz CT molecular complexity index is 596. The zero-order chi connectivity index (χ0) is 16.9. The molecule has 4 heteroatoms. The van der Waals surface area contributed by atoms with Gasteiger partial charge in [0.05, 0.1) is 12.0 Å². The van der Waals surface area contributed by atoms with Crippen molar-refractivity contribution in [2.24, 2.45) is 5.92 Å². The summed E-state index contributed by atoms with van der Waals surface area (Å²) >= 11 is 0. The third-order valence-electron chi connectivity index (χ3n) is 3.87. The lowest BCUT2D eigenvalue weighted by molar-refractivity contribution is -0.160. The molecule has 0 saturated carbocycles. The fourth-order valence-electron chi connectivity index (χ4n) is 2.91. The summed E-state index contributed by atoms with van der Waals surface area (Å²) in [6, 6.07) is 12.1. The first-order chi connectivity index (χ1) is 10.9. The van der Waals surface area contributed by atoms with Crippen LogP contribution in [0.5, 0.6) is 0 Å². The van der Waals surface area contributed by atoms with Crippen LogP contribution in [-0.4, -0.2) is 29.1 Å². The Morgan fingerprint density at radius 2 is 2.09 bits per heavy atom. The first-order valence-electron chi connectivity index (χ1n) is 7.98. The fraction of sp³-hybridized carbons (Fsp3) is 0.474. The number of nitriles is 1. The zero-order valence-corrected chi connectivity index (χ0v) is 14.0. The predicted molar refractivity (Wildman–Crippen MR) is 89.3 cm³/mol. The lowest BCUT2D eigenvalue weighted by Crippen LogP contribution is -2.37. The number of rotatable bonds is 4. The Morgan fingerprint density at radius 1 is 1.39 bits per heavy atom. The molecule has 0 spiro atoms. The van der Waals surface area contributed by atoms with Gasteiger partial charge in [-0.3, -0.25) is 9.69 Å². The Kier molecular flexibility index (Phi) is 5.57. The quantitative estimate of drug-likeness (QED) is 0.632. The Labute approximate surface area is 138 Å². The average molecular weight is 312 g/mol. The Hall–Kier alpha value is -2.12. The van der Waals surface area contributed by atoms with E-state index in [1.54, 1.807) is 0 Å². The van der Waals surface area contributed by atoms with Crippen LogP contribution in [-0.2, 0) is 16.1 Å². The third-order valence-corrected chi connectivity index (χ3v) is 3.87. The summed E-state index contributed by atoms with van der Waals surface area (Å²) in [5, 5.41) is 8.84. The van der Waals surface area contributed by atoms with Gasteiger partial charge in [-0.15, -0.1) is 0 Å². The van der Waals surface area contributed by atoms with Crippen molar-refractivity contribution in [3.05, 3.63) is 48.0 Å². The van der Waals surface area contributed by atoms with E-state index in [4.69, 9.17) is 10.00 Å². The number of ether oxygens (including phenoxy) is 1. The average Bonchev–Trinajstić information content (AvgIpc) is 2.87. The molecule has 0 bridgehead atoms. The van der Waals surface area contributed by atoms with Gasteiger partial charge in [0.2, 0.25) is 0 Å². The molecule has 0 aromatic heterocycles. The Morgan fingerprint density at radius 3 is 2.70 bits per heavy atom. The third kappa shape index (κ3) is 4.94. The van der Waals surface area contributed by atoms with Crippen molar-refractivity contribution in [1.29, 1.82) is 5.26 Å².